The Balaban J connectivity index is 1.93. The van der Waals surface area contributed by atoms with Gasteiger partial charge in [-0.1, -0.05) is 23.7 Å². The molecule has 0 atom stereocenters. The van der Waals surface area contributed by atoms with E-state index in [0.717, 1.165) is 0 Å². The van der Waals surface area contributed by atoms with Gasteiger partial charge in [-0.2, -0.15) is 0 Å². The predicted octanol–water partition coefficient (Wildman–Crippen LogP) is 3.83. The van der Waals surface area contributed by atoms with Crippen LogP contribution in [0.5, 0.6) is 5.75 Å². The lowest BCUT2D eigenvalue weighted by molar-refractivity contribution is -0.129. The molecule has 1 aliphatic heterocycles. The highest BCUT2D eigenvalue weighted by Crippen LogP contribution is 2.27. The zero-order valence-electron chi connectivity index (χ0n) is 12.0. The number of benzene rings is 2. The van der Waals surface area contributed by atoms with E-state index in [1.165, 1.54) is 25.3 Å². The van der Waals surface area contributed by atoms with Crippen molar-refractivity contribution in [2.24, 2.45) is 4.99 Å². The van der Waals surface area contributed by atoms with Gasteiger partial charge < -0.3 is 9.47 Å². The molecule has 0 aromatic heterocycles. The van der Waals surface area contributed by atoms with Crippen molar-refractivity contribution < 1.29 is 18.7 Å². The zero-order valence-corrected chi connectivity index (χ0v) is 12.8. The number of rotatable bonds is 3. The van der Waals surface area contributed by atoms with Crippen LogP contribution in [0.25, 0.3) is 6.08 Å². The molecule has 0 aliphatic carbocycles. The fourth-order valence-electron chi connectivity index (χ4n) is 2.04. The van der Waals surface area contributed by atoms with E-state index in [9.17, 15) is 9.18 Å². The Bertz CT molecular complexity index is 828. The predicted molar refractivity (Wildman–Crippen MR) is 85.0 cm³/mol. The number of esters is 1. The molecule has 116 valence electrons. The smallest absolute Gasteiger partial charge is 0.363 e. The van der Waals surface area contributed by atoms with E-state index in [0.29, 0.717) is 21.9 Å². The summed E-state index contributed by atoms with van der Waals surface area (Å²) in [5, 5.41) is 0.360. The molecule has 4 nitrogen and oxygen atoms in total. The fourth-order valence-corrected chi connectivity index (χ4v) is 2.29. The van der Waals surface area contributed by atoms with Crippen molar-refractivity contribution in [1.82, 2.24) is 0 Å². The topological polar surface area (TPSA) is 47.9 Å². The monoisotopic (exact) mass is 331 g/mol. The summed E-state index contributed by atoms with van der Waals surface area (Å²) in [7, 11) is 1.53. The Hall–Kier alpha value is -2.66. The van der Waals surface area contributed by atoms with Crippen LogP contribution in [0, 0.1) is 5.82 Å². The summed E-state index contributed by atoms with van der Waals surface area (Å²) in [4.78, 5) is 16.1. The van der Waals surface area contributed by atoms with Gasteiger partial charge in [0.2, 0.25) is 5.90 Å². The van der Waals surface area contributed by atoms with Gasteiger partial charge in [-0.15, -0.1) is 0 Å². The molecule has 0 bridgehead atoms. The van der Waals surface area contributed by atoms with Crippen LogP contribution in [-0.2, 0) is 9.53 Å². The number of aliphatic imine (C=N–C) groups is 1. The summed E-state index contributed by atoms with van der Waals surface area (Å²) in [6.45, 7) is 0. The minimum Gasteiger partial charge on any atom is -0.497 e. The van der Waals surface area contributed by atoms with Crippen molar-refractivity contribution in [3.8, 4) is 5.75 Å². The second-order valence-electron chi connectivity index (χ2n) is 4.73. The first-order chi connectivity index (χ1) is 11.1. The molecule has 0 radical (unpaired) electrons. The highest BCUT2D eigenvalue weighted by atomic mass is 35.5. The Morgan fingerprint density at radius 3 is 2.61 bits per heavy atom. The third-order valence-corrected chi connectivity index (χ3v) is 3.51. The number of hydrogen-bond donors (Lipinski definition) is 0. The Kier molecular flexibility index (Phi) is 4.12. The molecular formula is C17H11ClFNO3. The Morgan fingerprint density at radius 1 is 1.22 bits per heavy atom. The van der Waals surface area contributed by atoms with Gasteiger partial charge in [0, 0.05) is 0 Å². The maximum Gasteiger partial charge on any atom is 0.363 e. The average Bonchev–Trinajstić information content (AvgIpc) is 2.90. The third-order valence-electron chi connectivity index (χ3n) is 3.20. The molecule has 1 heterocycles. The highest BCUT2D eigenvalue weighted by molar-refractivity contribution is 6.34. The first-order valence-electron chi connectivity index (χ1n) is 6.69. The minimum absolute atomic E-state index is 0.121. The molecule has 1 aliphatic rings. The molecule has 3 rings (SSSR count). The van der Waals surface area contributed by atoms with Crippen molar-refractivity contribution in [1.29, 1.82) is 0 Å². The first kappa shape index (κ1) is 15.2. The lowest BCUT2D eigenvalue weighted by Gasteiger charge is -2.05. The lowest BCUT2D eigenvalue weighted by atomic mass is 10.2. The number of carbonyl (C=O) groups is 1. The van der Waals surface area contributed by atoms with E-state index < -0.39 is 5.97 Å². The van der Waals surface area contributed by atoms with Gasteiger partial charge in [-0.25, -0.2) is 14.2 Å². The SMILES string of the molecule is COc1ccc(C2=NC(=Cc3ccc(F)cc3)C(=O)O2)c(Cl)c1. The zero-order chi connectivity index (χ0) is 16.4. The van der Waals surface area contributed by atoms with Crippen molar-refractivity contribution in [2.75, 3.05) is 7.11 Å². The summed E-state index contributed by atoms with van der Waals surface area (Å²) in [6, 6.07) is 10.7. The maximum absolute atomic E-state index is 12.9. The van der Waals surface area contributed by atoms with Crippen molar-refractivity contribution in [3.63, 3.8) is 0 Å². The number of methoxy groups -OCH3 is 1. The number of nitrogens with zero attached hydrogens (tertiary/aromatic N) is 1. The van der Waals surface area contributed by atoms with Gasteiger partial charge in [-0.3, -0.25) is 0 Å². The van der Waals surface area contributed by atoms with Gasteiger partial charge in [0.05, 0.1) is 17.7 Å². The van der Waals surface area contributed by atoms with Gasteiger partial charge in [0.25, 0.3) is 0 Å². The molecule has 0 N–H and O–H groups in total. The normalized spacial score (nSPS) is 15.5. The fraction of sp³-hybridized carbons (Fsp3) is 0.0588. The Labute approximate surface area is 136 Å². The number of hydrogen-bond acceptors (Lipinski definition) is 4. The number of ether oxygens (including phenoxy) is 2. The van der Waals surface area contributed by atoms with E-state index in [2.05, 4.69) is 4.99 Å². The van der Waals surface area contributed by atoms with Gasteiger partial charge in [0.15, 0.2) is 5.70 Å². The summed E-state index contributed by atoms with van der Waals surface area (Å²) >= 11 is 6.15. The second kappa shape index (κ2) is 6.22. The number of cyclic esters (lactones) is 1. The largest absolute Gasteiger partial charge is 0.497 e. The summed E-state index contributed by atoms with van der Waals surface area (Å²) < 4.78 is 23.1. The Morgan fingerprint density at radius 2 is 1.96 bits per heavy atom. The van der Waals surface area contributed by atoms with Crippen molar-refractivity contribution in [3.05, 3.63) is 70.1 Å². The molecule has 0 unspecified atom stereocenters. The molecule has 0 spiro atoms. The molecule has 0 saturated heterocycles. The quantitative estimate of drug-likeness (QED) is 0.634. The summed E-state index contributed by atoms with van der Waals surface area (Å²) in [5.41, 5.74) is 1.26. The maximum atomic E-state index is 12.9. The lowest BCUT2D eigenvalue weighted by Crippen LogP contribution is -2.06. The molecular weight excluding hydrogens is 321 g/mol. The van der Waals surface area contributed by atoms with Crippen molar-refractivity contribution in [2.45, 2.75) is 0 Å². The van der Waals surface area contributed by atoms with Crippen LogP contribution in [0.4, 0.5) is 4.39 Å². The average molecular weight is 332 g/mol. The van der Waals surface area contributed by atoms with Crippen LogP contribution >= 0.6 is 11.6 Å². The third kappa shape index (κ3) is 3.24. The number of carbonyl (C=O) groups excluding carboxylic acids is 1. The standard InChI is InChI=1S/C17H11ClFNO3/c1-22-12-6-7-13(14(18)9-12)16-20-15(17(21)23-16)8-10-2-4-11(19)5-3-10/h2-9H,1H3. The molecule has 2 aromatic carbocycles. The van der Waals surface area contributed by atoms with E-state index >= 15 is 0 Å². The van der Waals surface area contributed by atoms with Crippen LogP contribution < -0.4 is 4.74 Å². The van der Waals surface area contributed by atoms with Gasteiger partial charge >= 0.3 is 5.97 Å². The van der Waals surface area contributed by atoms with E-state index in [1.807, 2.05) is 0 Å². The molecule has 0 amide bonds. The van der Waals surface area contributed by atoms with Gasteiger partial charge in [-0.05, 0) is 42.0 Å². The van der Waals surface area contributed by atoms with Crippen LogP contribution in [0.3, 0.4) is 0 Å². The molecule has 0 saturated carbocycles. The van der Waals surface area contributed by atoms with Crippen LogP contribution in [0.1, 0.15) is 11.1 Å². The minimum atomic E-state index is -0.587. The van der Waals surface area contributed by atoms with E-state index in [1.54, 1.807) is 30.3 Å². The first-order valence-corrected chi connectivity index (χ1v) is 7.06. The highest BCUT2D eigenvalue weighted by Gasteiger charge is 2.25. The molecule has 2 aromatic rings. The van der Waals surface area contributed by atoms with E-state index in [4.69, 9.17) is 21.1 Å². The van der Waals surface area contributed by atoms with Crippen molar-refractivity contribution >= 4 is 29.5 Å². The summed E-state index contributed by atoms with van der Waals surface area (Å²) in [5.74, 6) is -0.228. The van der Waals surface area contributed by atoms with Crippen LogP contribution in [-0.4, -0.2) is 19.0 Å². The number of halogens is 2. The molecule has 0 fully saturated rings. The second-order valence-corrected chi connectivity index (χ2v) is 5.14. The van der Waals surface area contributed by atoms with Crippen LogP contribution in [0.2, 0.25) is 5.02 Å². The molecule has 6 heteroatoms. The van der Waals surface area contributed by atoms with Crippen LogP contribution in [0.15, 0.2) is 53.2 Å². The molecule has 23 heavy (non-hydrogen) atoms. The summed E-state index contributed by atoms with van der Waals surface area (Å²) in [6.07, 6.45) is 1.52. The van der Waals surface area contributed by atoms with E-state index in [-0.39, 0.29) is 17.4 Å². The van der Waals surface area contributed by atoms with Gasteiger partial charge in [0.1, 0.15) is 11.6 Å².